The Balaban J connectivity index is 1.50. The van der Waals surface area contributed by atoms with Crippen LogP contribution in [0.5, 0.6) is 5.75 Å². The first-order valence-corrected chi connectivity index (χ1v) is 8.57. The van der Waals surface area contributed by atoms with Crippen molar-refractivity contribution in [1.29, 1.82) is 0 Å². The Morgan fingerprint density at radius 1 is 1.28 bits per heavy atom. The van der Waals surface area contributed by atoms with E-state index in [2.05, 4.69) is 20.5 Å². The Kier molecular flexibility index (Phi) is 3.11. The van der Waals surface area contributed by atoms with Gasteiger partial charge >= 0.3 is 0 Å². The highest BCUT2D eigenvalue weighted by Crippen LogP contribution is 2.40. The second-order valence-electron chi connectivity index (χ2n) is 5.86. The number of fused-ring (bicyclic) bond motifs is 1. The molecule has 0 aliphatic heterocycles. The molecule has 9 heteroatoms. The van der Waals surface area contributed by atoms with Gasteiger partial charge in [0.1, 0.15) is 5.69 Å². The average Bonchev–Trinajstić information content (AvgIpc) is 3.04. The monoisotopic (exact) mass is 357 g/mol. The van der Waals surface area contributed by atoms with E-state index in [0.717, 1.165) is 23.6 Å². The van der Waals surface area contributed by atoms with Crippen molar-refractivity contribution < 1.29 is 13.7 Å². The lowest BCUT2D eigenvalue weighted by Gasteiger charge is -2.02. The molecule has 0 saturated heterocycles. The smallest absolute Gasteiger partial charge is 0.235 e. The molecule has 1 aliphatic carbocycles. The molecule has 4 aromatic rings. The van der Waals surface area contributed by atoms with E-state index >= 15 is 0 Å². The molecule has 0 atom stereocenters. The molecule has 7 nitrogen and oxygen atoms in total. The molecule has 1 aromatic carbocycles. The molecule has 0 radical (unpaired) electrons. The predicted molar refractivity (Wildman–Crippen MR) is 88.1 cm³/mol. The van der Waals surface area contributed by atoms with Crippen molar-refractivity contribution in [3.05, 3.63) is 35.9 Å². The Morgan fingerprint density at radius 3 is 2.92 bits per heavy atom. The minimum absolute atomic E-state index is 0.185. The van der Waals surface area contributed by atoms with Crippen molar-refractivity contribution in [3.63, 3.8) is 0 Å². The van der Waals surface area contributed by atoms with Crippen molar-refractivity contribution in [2.24, 2.45) is 0 Å². The van der Waals surface area contributed by atoms with Crippen LogP contribution < -0.4 is 4.74 Å². The van der Waals surface area contributed by atoms with Crippen molar-refractivity contribution in [2.75, 3.05) is 7.11 Å². The van der Waals surface area contributed by atoms with Gasteiger partial charge in [0.15, 0.2) is 28.2 Å². The fraction of sp³-hybridized carbons (Fsp3) is 0.250. The molecular weight excluding hydrogens is 345 g/mol. The maximum absolute atomic E-state index is 13.9. The number of aromatic nitrogens is 5. The lowest BCUT2D eigenvalue weighted by atomic mass is 10.1. The highest BCUT2D eigenvalue weighted by atomic mass is 32.1. The summed E-state index contributed by atoms with van der Waals surface area (Å²) in [6, 6.07) is 6.37. The third kappa shape index (κ3) is 2.39. The number of benzene rings is 1. The van der Waals surface area contributed by atoms with Gasteiger partial charge in [-0.05, 0) is 31.0 Å². The van der Waals surface area contributed by atoms with Crippen molar-refractivity contribution >= 4 is 16.3 Å². The molecule has 0 spiro atoms. The lowest BCUT2D eigenvalue weighted by Crippen LogP contribution is -1.93. The van der Waals surface area contributed by atoms with E-state index < -0.39 is 5.82 Å². The van der Waals surface area contributed by atoms with Gasteiger partial charge in [-0.25, -0.2) is 4.39 Å². The van der Waals surface area contributed by atoms with Gasteiger partial charge in [0.25, 0.3) is 0 Å². The first-order chi connectivity index (χ1) is 12.2. The fourth-order valence-electron chi connectivity index (χ4n) is 2.66. The molecular formula is C16H12FN5O2S. The van der Waals surface area contributed by atoms with Crippen molar-refractivity contribution in [3.8, 4) is 27.8 Å². The molecule has 25 heavy (non-hydrogen) atoms. The molecule has 0 unspecified atom stereocenters. The summed E-state index contributed by atoms with van der Waals surface area (Å²) in [4.78, 5) is 0.733. The lowest BCUT2D eigenvalue weighted by molar-refractivity contribution is 0.386. The summed E-state index contributed by atoms with van der Waals surface area (Å²) in [7, 11) is 1.42. The zero-order valence-electron chi connectivity index (χ0n) is 13.1. The summed E-state index contributed by atoms with van der Waals surface area (Å²) in [6.07, 6.45) is 2.26. The minimum atomic E-state index is -0.453. The summed E-state index contributed by atoms with van der Waals surface area (Å²) >= 11 is 1.40. The average molecular weight is 357 g/mol. The molecule has 3 aromatic heterocycles. The number of hydrogen-bond acceptors (Lipinski definition) is 7. The zero-order chi connectivity index (χ0) is 17.0. The van der Waals surface area contributed by atoms with Crippen LogP contribution in [0.15, 0.2) is 28.8 Å². The molecule has 1 aliphatic rings. The number of ether oxygens (including phenoxy) is 1. The van der Waals surface area contributed by atoms with Gasteiger partial charge in [-0.1, -0.05) is 16.5 Å². The SMILES string of the molecule is COc1ccc(-c2cc(-c3nn4c(C5CC5)nnc4s3)no2)cc1F. The van der Waals surface area contributed by atoms with Crippen molar-refractivity contribution in [2.45, 2.75) is 18.8 Å². The summed E-state index contributed by atoms with van der Waals surface area (Å²) in [5, 5.41) is 17.7. The topological polar surface area (TPSA) is 78.3 Å². The summed E-state index contributed by atoms with van der Waals surface area (Å²) in [6.45, 7) is 0. The van der Waals surface area contributed by atoms with E-state index in [4.69, 9.17) is 9.26 Å². The quantitative estimate of drug-likeness (QED) is 0.556. The molecule has 126 valence electrons. The maximum atomic E-state index is 13.9. The normalized spacial score (nSPS) is 14.3. The van der Waals surface area contributed by atoms with E-state index in [0.29, 0.717) is 27.9 Å². The van der Waals surface area contributed by atoms with Crippen LogP contribution in [0.2, 0.25) is 0 Å². The Bertz CT molecular complexity index is 1080. The zero-order valence-corrected chi connectivity index (χ0v) is 14.0. The Morgan fingerprint density at radius 2 is 2.16 bits per heavy atom. The molecule has 0 N–H and O–H groups in total. The molecule has 5 rings (SSSR count). The fourth-order valence-corrected chi connectivity index (χ4v) is 3.46. The number of methoxy groups -OCH3 is 1. The van der Waals surface area contributed by atoms with Gasteiger partial charge in [-0.2, -0.15) is 9.61 Å². The van der Waals surface area contributed by atoms with Crippen LogP contribution in [0, 0.1) is 5.82 Å². The van der Waals surface area contributed by atoms with Gasteiger partial charge in [0.2, 0.25) is 4.96 Å². The van der Waals surface area contributed by atoms with E-state index in [9.17, 15) is 4.39 Å². The van der Waals surface area contributed by atoms with E-state index in [1.807, 2.05) is 0 Å². The first kappa shape index (κ1) is 14.5. The third-order valence-corrected chi connectivity index (χ3v) is 5.04. The van der Waals surface area contributed by atoms with E-state index in [1.54, 1.807) is 22.7 Å². The largest absolute Gasteiger partial charge is 0.494 e. The van der Waals surface area contributed by atoms with Crippen LogP contribution in [0.25, 0.3) is 27.0 Å². The molecule has 0 amide bonds. The van der Waals surface area contributed by atoms with Crippen LogP contribution >= 0.6 is 11.3 Å². The maximum Gasteiger partial charge on any atom is 0.235 e. The minimum Gasteiger partial charge on any atom is -0.494 e. The number of hydrogen-bond donors (Lipinski definition) is 0. The predicted octanol–water partition coefficient (Wildman–Crippen LogP) is 3.53. The number of halogens is 1. The highest BCUT2D eigenvalue weighted by molar-refractivity contribution is 7.19. The molecule has 1 fully saturated rings. The van der Waals surface area contributed by atoms with Gasteiger partial charge in [0.05, 0.1) is 7.11 Å². The molecule has 1 saturated carbocycles. The second kappa shape index (κ2) is 5.35. The second-order valence-corrected chi connectivity index (χ2v) is 6.82. The number of nitrogens with zero attached hydrogens (tertiary/aromatic N) is 5. The highest BCUT2D eigenvalue weighted by Gasteiger charge is 2.30. The molecule has 0 bridgehead atoms. The number of rotatable bonds is 4. The van der Waals surface area contributed by atoms with E-state index in [1.165, 1.54) is 24.5 Å². The van der Waals surface area contributed by atoms with Crippen molar-refractivity contribution in [1.82, 2.24) is 25.0 Å². The summed E-state index contributed by atoms with van der Waals surface area (Å²) < 4.78 is 25.9. The molecule has 3 heterocycles. The third-order valence-electron chi connectivity index (χ3n) is 4.12. The van der Waals surface area contributed by atoms with Gasteiger partial charge < -0.3 is 9.26 Å². The Labute approximate surface area is 145 Å². The first-order valence-electron chi connectivity index (χ1n) is 7.76. The summed E-state index contributed by atoms with van der Waals surface area (Å²) in [5.41, 5.74) is 1.17. The standard InChI is InChI=1S/C16H12FN5O2S/c1-23-12-5-4-9(6-10(12)17)13-7-11(21-24-13)15-20-22-14(8-2-3-8)18-19-16(22)25-15/h4-8H,2-3H2,1H3. The van der Waals surface area contributed by atoms with Gasteiger partial charge in [-0.3, -0.25) is 0 Å². The van der Waals surface area contributed by atoms with Crippen LogP contribution in [0.3, 0.4) is 0 Å². The Hall–Kier alpha value is -2.81. The summed E-state index contributed by atoms with van der Waals surface area (Å²) in [5.74, 6) is 1.55. The van der Waals surface area contributed by atoms with Gasteiger partial charge in [0, 0.05) is 17.5 Å². The van der Waals surface area contributed by atoms with Gasteiger partial charge in [-0.15, -0.1) is 10.2 Å². The van der Waals surface area contributed by atoms with Crippen LogP contribution in [0.1, 0.15) is 24.6 Å². The van der Waals surface area contributed by atoms with Crippen LogP contribution in [0.4, 0.5) is 4.39 Å². The van der Waals surface area contributed by atoms with Crippen LogP contribution in [-0.4, -0.2) is 32.1 Å². The van der Waals surface area contributed by atoms with E-state index in [-0.39, 0.29) is 5.75 Å². The van der Waals surface area contributed by atoms with Crippen LogP contribution in [-0.2, 0) is 0 Å².